The minimum atomic E-state index is -0.646. The van der Waals surface area contributed by atoms with Crippen LogP contribution in [0.1, 0.15) is 12.0 Å². The molecular formula is C12H13BrClNO2. The van der Waals surface area contributed by atoms with Crippen molar-refractivity contribution in [1.29, 1.82) is 0 Å². The maximum atomic E-state index is 12.0. The second-order valence-corrected chi connectivity index (χ2v) is 5.45. The minimum Gasteiger partial charge on any atom is -0.468 e. The van der Waals surface area contributed by atoms with Crippen LogP contribution < -0.4 is 5.32 Å². The highest BCUT2D eigenvalue weighted by molar-refractivity contribution is 9.10. The number of ether oxygens (including phenoxy) is 1. The van der Waals surface area contributed by atoms with E-state index >= 15 is 0 Å². The van der Waals surface area contributed by atoms with Gasteiger partial charge in [-0.3, -0.25) is 4.79 Å². The first-order valence-electron chi connectivity index (χ1n) is 5.35. The molecule has 0 saturated carbocycles. The van der Waals surface area contributed by atoms with Crippen molar-refractivity contribution in [2.45, 2.75) is 11.8 Å². The SMILES string of the molecule is COC(=O)C1(c2ccc(Br)cc2Cl)CCNC1. The van der Waals surface area contributed by atoms with Gasteiger partial charge in [0.15, 0.2) is 0 Å². The van der Waals surface area contributed by atoms with Crippen LogP contribution in [0.4, 0.5) is 0 Å². The number of halogens is 2. The molecule has 1 fully saturated rings. The van der Waals surface area contributed by atoms with Crippen molar-refractivity contribution < 1.29 is 9.53 Å². The van der Waals surface area contributed by atoms with E-state index < -0.39 is 5.41 Å². The highest BCUT2D eigenvalue weighted by atomic mass is 79.9. The van der Waals surface area contributed by atoms with Gasteiger partial charge in [-0.2, -0.15) is 0 Å². The summed E-state index contributed by atoms with van der Waals surface area (Å²) in [7, 11) is 1.41. The maximum Gasteiger partial charge on any atom is 0.317 e. The van der Waals surface area contributed by atoms with E-state index in [2.05, 4.69) is 21.2 Å². The first-order valence-corrected chi connectivity index (χ1v) is 6.52. The molecule has 5 heteroatoms. The number of hydrogen-bond donors (Lipinski definition) is 1. The van der Waals surface area contributed by atoms with Crippen molar-refractivity contribution in [3.63, 3.8) is 0 Å². The normalized spacial score (nSPS) is 23.7. The topological polar surface area (TPSA) is 38.3 Å². The Bertz CT molecular complexity index is 444. The Labute approximate surface area is 114 Å². The summed E-state index contributed by atoms with van der Waals surface area (Å²) in [5, 5.41) is 3.79. The second kappa shape index (κ2) is 4.96. The molecule has 1 heterocycles. The summed E-state index contributed by atoms with van der Waals surface area (Å²) in [6.07, 6.45) is 0.709. The van der Waals surface area contributed by atoms with E-state index in [-0.39, 0.29) is 5.97 Å². The first kappa shape index (κ1) is 12.9. The molecule has 0 bridgehead atoms. The Morgan fingerprint density at radius 1 is 1.59 bits per heavy atom. The molecule has 1 unspecified atom stereocenters. The van der Waals surface area contributed by atoms with Crippen LogP contribution >= 0.6 is 27.5 Å². The number of hydrogen-bond acceptors (Lipinski definition) is 3. The van der Waals surface area contributed by atoms with Gasteiger partial charge in [-0.05, 0) is 30.7 Å². The lowest BCUT2D eigenvalue weighted by molar-refractivity contribution is -0.146. The van der Waals surface area contributed by atoms with Crippen LogP contribution in [0.25, 0.3) is 0 Å². The third kappa shape index (κ3) is 2.21. The molecule has 0 aliphatic carbocycles. The number of nitrogens with one attached hydrogen (secondary N) is 1. The highest BCUT2D eigenvalue weighted by Crippen LogP contribution is 2.37. The molecule has 1 saturated heterocycles. The molecule has 1 aromatic rings. The Kier molecular flexibility index (Phi) is 3.76. The van der Waals surface area contributed by atoms with Crippen LogP contribution in [0.15, 0.2) is 22.7 Å². The van der Waals surface area contributed by atoms with Gasteiger partial charge in [0.1, 0.15) is 5.41 Å². The number of carbonyl (C=O) groups is 1. The number of benzene rings is 1. The van der Waals surface area contributed by atoms with Gasteiger partial charge in [-0.1, -0.05) is 33.6 Å². The molecule has 1 aliphatic rings. The van der Waals surface area contributed by atoms with Gasteiger partial charge < -0.3 is 10.1 Å². The molecule has 0 spiro atoms. The van der Waals surface area contributed by atoms with Gasteiger partial charge in [0.05, 0.1) is 7.11 Å². The molecule has 3 nitrogen and oxygen atoms in total. The average molecular weight is 319 g/mol. The fourth-order valence-corrected chi connectivity index (χ4v) is 3.13. The van der Waals surface area contributed by atoms with Crippen molar-refractivity contribution in [2.75, 3.05) is 20.2 Å². The van der Waals surface area contributed by atoms with Crippen molar-refractivity contribution in [3.8, 4) is 0 Å². The van der Waals surface area contributed by atoms with Crippen molar-refractivity contribution >= 4 is 33.5 Å². The number of carbonyl (C=O) groups excluding carboxylic acids is 1. The predicted octanol–water partition coefficient (Wildman–Crippen LogP) is 2.51. The summed E-state index contributed by atoms with van der Waals surface area (Å²) in [6, 6.07) is 5.58. The molecular weight excluding hydrogens is 305 g/mol. The standard InChI is InChI=1S/C12H13BrClNO2/c1-17-11(16)12(4-5-15-7-12)9-3-2-8(13)6-10(9)14/h2-3,6,15H,4-5,7H2,1H3. The van der Waals surface area contributed by atoms with Gasteiger partial charge >= 0.3 is 5.97 Å². The fourth-order valence-electron chi connectivity index (χ4n) is 2.28. The Morgan fingerprint density at radius 3 is 2.88 bits per heavy atom. The lowest BCUT2D eigenvalue weighted by Gasteiger charge is -2.26. The van der Waals surface area contributed by atoms with Gasteiger partial charge in [0.25, 0.3) is 0 Å². The average Bonchev–Trinajstić information content (AvgIpc) is 2.78. The fraction of sp³-hybridized carbons (Fsp3) is 0.417. The number of esters is 1. The summed E-state index contributed by atoms with van der Waals surface area (Å²) in [5.74, 6) is -0.230. The van der Waals surface area contributed by atoms with E-state index in [1.54, 1.807) is 6.07 Å². The molecule has 2 rings (SSSR count). The molecule has 1 atom stereocenters. The second-order valence-electron chi connectivity index (χ2n) is 4.12. The molecule has 0 amide bonds. The summed E-state index contributed by atoms with van der Waals surface area (Å²) in [4.78, 5) is 12.0. The van der Waals surface area contributed by atoms with Crippen molar-refractivity contribution in [2.24, 2.45) is 0 Å². The van der Waals surface area contributed by atoms with Crippen LogP contribution in [-0.2, 0) is 14.9 Å². The van der Waals surface area contributed by atoms with Crippen LogP contribution in [0.5, 0.6) is 0 Å². The monoisotopic (exact) mass is 317 g/mol. The van der Waals surface area contributed by atoms with Crippen molar-refractivity contribution in [1.82, 2.24) is 5.32 Å². The molecule has 0 radical (unpaired) electrons. The van der Waals surface area contributed by atoms with Crippen molar-refractivity contribution in [3.05, 3.63) is 33.3 Å². The zero-order valence-corrected chi connectivity index (χ0v) is 11.8. The molecule has 0 aromatic heterocycles. The van der Waals surface area contributed by atoms with Crippen LogP contribution in [0.3, 0.4) is 0 Å². The third-order valence-electron chi connectivity index (χ3n) is 3.18. The highest BCUT2D eigenvalue weighted by Gasteiger charge is 2.45. The zero-order valence-electron chi connectivity index (χ0n) is 9.43. The molecule has 1 aromatic carbocycles. The Hall–Kier alpha value is -0.580. The lowest BCUT2D eigenvalue weighted by atomic mass is 9.79. The van der Waals surface area contributed by atoms with E-state index in [9.17, 15) is 4.79 Å². The van der Waals surface area contributed by atoms with Crippen LogP contribution in [-0.4, -0.2) is 26.2 Å². The number of methoxy groups -OCH3 is 1. The predicted molar refractivity (Wildman–Crippen MR) is 70.3 cm³/mol. The van der Waals surface area contributed by atoms with Gasteiger partial charge in [0.2, 0.25) is 0 Å². The first-order chi connectivity index (χ1) is 8.10. The zero-order chi connectivity index (χ0) is 12.5. The summed E-state index contributed by atoms with van der Waals surface area (Å²) >= 11 is 9.59. The minimum absolute atomic E-state index is 0.230. The summed E-state index contributed by atoms with van der Waals surface area (Å²) in [5.41, 5.74) is 0.186. The van der Waals surface area contributed by atoms with Crippen LogP contribution in [0, 0.1) is 0 Å². The third-order valence-corrected chi connectivity index (χ3v) is 3.98. The van der Waals surface area contributed by atoms with E-state index in [4.69, 9.17) is 16.3 Å². The van der Waals surface area contributed by atoms with E-state index in [1.165, 1.54) is 7.11 Å². The van der Waals surface area contributed by atoms with Gasteiger partial charge in [0, 0.05) is 16.0 Å². The quantitative estimate of drug-likeness (QED) is 0.852. The maximum absolute atomic E-state index is 12.0. The molecule has 1 N–H and O–H groups in total. The smallest absolute Gasteiger partial charge is 0.317 e. The summed E-state index contributed by atoms with van der Waals surface area (Å²) in [6.45, 7) is 1.36. The largest absolute Gasteiger partial charge is 0.468 e. The lowest BCUT2D eigenvalue weighted by Crippen LogP contribution is -2.39. The van der Waals surface area contributed by atoms with E-state index in [0.717, 1.165) is 16.6 Å². The number of rotatable bonds is 2. The summed E-state index contributed by atoms with van der Waals surface area (Å²) < 4.78 is 5.83. The Morgan fingerprint density at radius 2 is 2.35 bits per heavy atom. The molecule has 1 aliphatic heterocycles. The molecule has 92 valence electrons. The Balaban J connectivity index is 2.49. The van der Waals surface area contributed by atoms with Gasteiger partial charge in [-0.25, -0.2) is 0 Å². The van der Waals surface area contributed by atoms with Gasteiger partial charge in [-0.15, -0.1) is 0 Å². The molecule has 17 heavy (non-hydrogen) atoms. The van der Waals surface area contributed by atoms with E-state index in [1.807, 2.05) is 12.1 Å². The van der Waals surface area contributed by atoms with Crippen LogP contribution in [0.2, 0.25) is 5.02 Å². The van der Waals surface area contributed by atoms with E-state index in [0.29, 0.717) is 18.0 Å².